The summed E-state index contributed by atoms with van der Waals surface area (Å²) >= 11 is 0. The summed E-state index contributed by atoms with van der Waals surface area (Å²) in [5.41, 5.74) is 3.50. The lowest BCUT2D eigenvalue weighted by atomic mass is 9.80. The number of nitrogens with one attached hydrogen (secondary N) is 2. The Balaban J connectivity index is 1.80. The summed E-state index contributed by atoms with van der Waals surface area (Å²) in [4.78, 5) is 38.3. The van der Waals surface area contributed by atoms with Crippen molar-refractivity contribution in [1.82, 2.24) is 5.32 Å². The van der Waals surface area contributed by atoms with Crippen LogP contribution < -0.4 is 10.6 Å². The third-order valence-electron chi connectivity index (χ3n) is 5.26. The minimum Gasteiger partial charge on any atom is -0.463 e. The van der Waals surface area contributed by atoms with Crippen molar-refractivity contribution in [2.24, 2.45) is 0 Å². The second kappa shape index (κ2) is 8.47. The Morgan fingerprint density at radius 1 is 1.13 bits per heavy atom. The number of carbonyl (C=O) groups is 3. The molecule has 2 aliphatic rings. The number of rotatable bonds is 5. The number of hydrogen-bond acceptors (Lipinski definition) is 6. The second-order valence-corrected chi connectivity index (χ2v) is 7.19. The van der Waals surface area contributed by atoms with Gasteiger partial charge in [-0.25, -0.2) is 9.59 Å². The van der Waals surface area contributed by atoms with Gasteiger partial charge in [0.05, 0.1) is 29.4 Å². The summed E-state index contributed by atoms with van der Waals surface area (Å²) in [6, 6.07) is 15.9. The number of dihydropyridines is 1. The molecule has 0 saturated heterocycles. The van der Waals surface area contributed by atoms with Gasteiger partial charge >= 0.3 is 11.9 Å². The normalized spacial score (nSPS) is 17.6. The molecule has 7 nitrogen and oxygen atoms in total. The highest BCUT2D eigenvalue weighted by atomic mass is 16.5. The first kappa shape index (κ1) is 20.4. The molecule has 1 unspecified atom stereocenters. The van der Waals surface area contributed by atoms with Crippen molar-refractivity contribution >= 4 is 23.5 Å². The van der Waals surface area contributed by atoms with Crippen LogP contribution in [-0.2, 0) is 19.1 Å². The number of esters is 2. The molecule has 2 aromatic carbocycles. The predicted molar refractivity (Wildman–Crippen MR) is 114 cm³/mol. The molecular formula is C24H22N2O5. The van der Waals surface area contributed by atoms with E-state index in [-0.39, 0.29) is 19.1 Å². The fourth-order valence-electron chi connectivity index (χ4n) is 3.90. The van der Waals surface area contributed by atoms with Gasteiger partial charge in [-0.05, 0) is 37.6 Å². The quantitative estimate of drug-likeness (QED) is 0.724. The molecule has 0 saturated carbocycles. The van der Waals surface area contributed by atoms with E-state index in [1.165, 1.54) is 0 Å². The number of cyclic esters (lactones) is 1. The van der Waals surface area contributed by atoms with Crippen LogP contribution in [0.4, 0.5) is 5.69 Å². The molecule has 0 aromatic heterocycles. The zero-order valence-electron chi connectivity index (χ0n) is 17.2. The van der Waals surface area contributed by atoms with Gasteiger partial charge in [-0.3, -0.25) is 4.79 Å². The standard InChI is InChI=1S/C24H22N2O5/c1-3-30-23(28)19-14(2)25-18-13-31-24(29)21(18)20(19)16-11-7-8-12-17(16)26-22(27)15-9-5-4-6-10-15/h4-12,20,25H,3,13H2,1-2H3,(H,26,27). The third-order valence-corrected chi connectivity index (χ3v) is 5.26. The molecule has 2 N–H and O–H groups in total. The smallest absolute Gasteiger partial charge is 0.337 e. The Labute approximate surface area is 179 Å². The maximum atomic E-state index is 12.9. The predicted octanol–water partition coefficient (Wildman–Crippen LogP) is 3.27. The molecule has 0 bridgehead atoms. The third kappa shape index (κ3) is 3.82. The van der Waals surface area contributed by atoms with E-state index in [0.717, 1.165) is 0 Å². The maximum Gasteiger partial charge on any atom is 0.337 e. The summed E-state index contributed by atoms with van der Waals surface area (Å²) in [7, 11) is 0. The number of ether oxygens (including phenoxy) is 2. The Kier molecular flexibility index (Phi) is 5.58. The van der Waals surface area contributed by atoms with Gasteiger partial charge in [0, 0.05) is 16.9 Å². The van der Waals surface area contributed by atoms with Gasteiger partial charge in [-0.15, -0.1) is 0 Å². The summed E-state index contributed by atoms with van der Waals surface area (Å²) in [5, 5.41) is 6.03. The summed E-state index contributed by atoms with van der Waals surface area (Å²) < 4.78 is 10.5. The SMILES string of the molecule is CCOC(=O)C1=C(C)NC2=C(C(=O)OC2)C1c1ccccc1NC(=O)c1ccccc1. The van der Waals surface area contributed by atoms with Gasteiger partial charge in [0.2, 0.25) is 0 Å². The van der Waals surface area contributed by atoms with Gasteiger partial charge in [-0.2, -0.15) is 0 Å². The van der Waals surface area contributed by atoms with E-state index in [0.29, 0.717) is 39.4 Å². The van der Waals surface area contributed by atoms with Gasteiger partial charge < -0.3 is 20.1 Å². The Morgan fingerprint density at radius 2 is 1.84 bits per heavy atom. The zero-order valence-corrected chi connectivity index (χ0v) is 17.2. The molecular weight excluding hydrogens is 396 g/mol. The molecule has 0 fully saturated rings. The first-order valence-electron chi connectivity index (χ1n) is 10.0. The van der Waals surface area contributed by atoms with Crippen molar-refractivity contribution in [2.75, 3.05) is 18.5 Å². The number of carbonyl (C=O) groups excluding carboxylic acids is 3. The lowest BCUT2D eigenvalue weighted by Crippen LogP contribution is -2.31. The van der Waals surface area contributed by atoms with E-state index in [1.54, 1.807) is 62.4 Å². The molecule has 7 heteroatoms. The lowest BCUT2D eigenvalue weighted by Gasteiger charge is -2.29. The van der Waals surface area contributed by atoms with Crippen LogP contribution in [0.3, 0.4) is 0 Å². The minimum atomic E-state index is -0.724. The second-order valence-electron chi connectivity index (χ2n) is 7.19. The van der Waals surface area contributed by atoms with Crippen molar-refractivity contribution in [3.05, 3.63) is 88.3 Å². The summed E-state index contributed by atoms with van der Waals surface area (Å²) in [6.45, 7) is 3.79. The molecule has 0 aliphatic carbocycles. The lowest BCUT2D eigenvalue weighted by molar-refractivity contribution is -0.138. The Morgan fingerprint density at radius 3 is 2.58 bits per heavy atom. The van der Waals surface area contributed by atoms with E-state index < -0.39 is 17.9 Å². The van der Waals surface area contributed by atoms with Crippen LogP contribution in [0.2, 0.25) is 0 Å². The number of allylic oxidation sites excluding steroid dienone is 1. The van der Waals surface area contributed by atoms with Crippen molar-refractivity contribution in [3.63, 3.8) is 0 Å². The van der Waals surface area contributed by atoms with E-state index in [4.69, 9.17) is 9.47 Å². The largest absolute Gasteiger partial charge is 0.463 e. The highest BCUT2D eigenvalue weighted by Gasteiger charge is 2.42. The molecule has 0 radical (unpaired) electrons. The fraction of sp³-hybridized carbons (Fsp3) is 0.208. The zero-order chi connectivity index (χ0) is 22.0. The maximum absolute atomic E-state index is 12.9. The van der Waals surface area contributed by atoms with E-state index >= 15 is 0 Å². The van der Waals surface area contributed by atoms with Crippen LogP contribution in [0.5, 0.6) is 0 Å². The molecule has 2 heterocycles. The molecule has 1 amide bonds. The van der Waals surface area contributed by atoms with Crippen LogP contribution >= 0.6 is 0 Å². The van der Waals surface area contributed by atoms with Crippen LogP contribution in [0.15, 0.2) is 77.1 Å². The average Bonchev–Trinajstić information content (AvgIpc) is 3.14. The van der Waals surface area contributed by atoms with Crippen molar-refractivity contribution in [3.8, 4) is 0 Å². The number of anilines is 1. The topological polar surface area (TPSA) is 93.7 Å². The number of para-hydroxylation sites is 1. The number of benzene rings is 2. The number of hydrogen-bond donors (Lipinski definition) is 2. The molecule has 4 rings (SSSR count). The van der Waals surface area contributed by atoms with Crippen LogP contribution in [0.25, 0.3) is 0 Å². The molecule has 0 spiro atoms. The minimum absolute atomic E-state index is 0.108. The highest BCUT2D eigenvalue weighted by Crippen LogP contribution is 2.43. The summed E-state index contributed by atoms with van der Waals surface area (Å²) in [6.07, 6.45) is 0. The van der Waals surface area contributed by atoms with E-state index in [9.17, 15) is 14.4 Å². The molecule has 1 atom stereocenters. The first-order chi connectivity index (χ1) is 15.0. The molecule has 2 aromatic rings. The van der Waals surface area contributed by atoms with E-state index in [1.807, 2.05) is 6.07 Å². The Bertz CT molecular complexity index is 1120. The molecule has 158 valence electrons. The van der Waals surface area contributed by atoms with Gasteiger partial charge in [-0.1, -0.05) is 36.4 Å². The Hall–Kier alpha value is -3.87. The van der Waals surface area contributed by atoms with E-state index in [2.05, 4.69) is 10.6 Å². The fourth-order valence-corrected chi connectivity index (χ4v) is 3.90. The van der Waals surface area contributed by atoms with Gasteiger partial charge in [0.25, 0.3) is 5.91 Å². The van der Waals surface area contributed by atoms with Crippen LogP contribution in [0.1, 0.15) is 35.7 Å². The monoisotopic (exact) mass is 418 g/mol. The van der Waals surface area contributed by atoms with Crippen molar-refractivity contribution in [1.29, 1.82) is 0 Å². The summed E-state index contributed by atoms with van der Waals surface area (Å²) in [5.74, 6) is -2.03. The highest BCUT2D eigenvalue weighted by molar-refractivity contribution is 6.06. The van der Waals surface area contributed by atoms with Crippen LogP contribution in [0, 0.1) is 0 Å². The van der Waals surface area contributed by atoms with Crippen molar-refractivity contribution in [2.45, 2.75) is 19.8 Å². The van der Waals surface area contributed by atoms with Gasteiger partial charge in [0.1, 0.15) is 6.61 Å². The number of amides is 1. The molecule has 2 aliphatic heterocycles. The average molecular weight is 418 g/mol. The molecule has 31 heavy (non-hydrogen) atoms. The van der Waals surface area contributed by atoms with Crippen LogP contribution in [-0.4, -0.2) is 31.1 Å². The van der Waals surface area contributed by atoms with Crippen molar-refractivity contribution < 1.29 is 23.9 Å². The first-order valence-corrected chi connectivity index (χ1v) is 10.0. The van der Waals surface area contributed by atoms with Gasteiger partial charge in [0.15, 0.2) is 0 Å².